The third-order valence-corrected chi connectivity index (χ3v) is 13.7. The fourth-order valence-electron chi connectivity index (χ4n) is 10.2. The van der Waals surface area contributed by atoms with E-state index in [1.54, 1.807) is 73.2 Å². The molecular weight excluding hydrogens is 907 g/mol. The Morgan fingerprint density at radius 3 is 1.62 bits per heavy atom. The first-order valence-corrected chi connectivity index (χ1v) is 24.2. The number of aromatic nitrogens is 4. The van der Waals surface area contributed by atoms with Crippen molar-refractivity contribution in [3.63, 3.8) is 0 Å². The molecule has 4 fully saturated rings. The van der Waals surface area contributed by atoms with E-state index in [1.165, 1.54) is 9.36 Å². The van der Waals surface area contributed by atoms with Crippen molar-refractivity contribution in [1.29, 1.82) is 0 Å². The Kier molecular flexibility index (Phi) is 17.8. The predicted molar refractivity (Wildman–Crippen MR) is 245 cm³/mol. The Morgan fingerprint density at radius 1 is 0.725 bits per heavy atom. The van der Waals surface area contributed by atoms with Crippen molar-refractivity contribution >= 4 is 41.0 Å². The molecule has 2 aromatic rings. The second-order valence-electron chi connectivity index (χ2n) is 21.5. The highest BCUT2D eigenvalue weighted by Gasteiger charge is 2.56. The van der Waals surface area contributed by atoms with Crippen LogP contribution in [0.1, 0.15) is 149 Å². The van der Waals surface area contributed by atoms with E-state index in [1.807, 2.05) is 0 Å². The summed E-state index contributed by atoms with van der Waals surface area (Å²) in [6.07, 6.45) is -0.0959. The Bertz CT molecular complexity index is 2160. The number of nitrogens with one attached hydrogen (secondary N) is 3. The van der Waals surface area contributed by atoms with Crippen LogP contribution in [0.15, 0.2) is 24.5 Å². The zero-order valence-corrected chi connectivity index (χ0v) is 41.0. The van der Waals surface area contributed by atoms with Gasteiger partial charge in [-0.3, -0.25) is 33.3 Å². The molecule has 0 radical (unpaired) electrons. The van der Waals surface area contributed by atoms with Gasteiger partial charge in [0, 0.05) is 69.0 Å². The maximum absolute atomic E-state index is 15.3. The lowest BCUT2D eigenvalue weighted by Gasteiger charge is -2.47. The number of aryl methyl sites for hydroxylation is 2. The number of carbonyl (C=O) groups excluding carboxylic acids is 7. The molecule has 2 heterocycles. The highest BCUT2D eigenvalue weighted by Crippen LogP contribution is 2.50. The van der Waals surface area contributed by atoms with Crippen molar-refractivity contribution in [3.8, 4) is 0 Å². The number of hydrogen-bond donors (Lipinski definition) is 4. The molecule has 3 atom stereocenters. The van der Waals surface area contributed by atoms with Crippen LogP contribution in [0.4, 0.5) is 27.2 Å². The quantitative estimate of drug-likeness (QED) is 0.0785. The molecule has 6 rings (SSSR count). The maximum atomic E-state index is 15.3. The molecule has 0 spiro atoms. The third-order valence-electron chi connectivity index (χ3n) is 13.7. The average molecular weight is 978 g/mol. The van der Waals surface area contributed by atoms with Crippen LogP contribution in [0.5, 0.6) is 0 Å². The molecule has 4 aliphatic rings. The van der Waals surface area contributed by atoms with E-state index in [0.717, 1.165) is 0 Å². The van der Waals surface area contributed by atoms with Gasteiger partial charge in [-0.15, -0.1) is 0 Å². The molecule has 0 bridgehead atoms. The fraction of sp³-hybridized carbons (Fsp3) is 0.735. The van der Waals surface area contributed by atoms with Gasteiger partial charge in [-0.05, 0) is 98.1 Å². The fourth-order valence-corrected chi connectivity index (χ4v) is 10.2. The number of Topliss-reactive ketones (excluding diaryl/α,β-unsaturated/α-hetero) is 5. The van der Waals surface area contributed by atoms with Crippen molar-refractivity contribution in [2.45, 2.75) is 204 Å². The summed E-state index contributed by atoms with van der Waals surface area (Å²) < 4.78 is 66.8. The van der Waals surface area contributed by atoms with E-state index in [9.17, 15) is 47.4 Å². The minimum Gasteiger partial charge on any atom is -0.444 e. The summed E-state index contributed by atoms with van der Waals surface area (Å²) in [6.45, 7) is 8.52. The van der Waals surface area contributed by atoms with E-state index in [4.69, 9.17) is 4.74 Å². The lowest BCUT2D eigenvalue weighted by molar-refractivity contribution is -0.151. The van der Waals surface area contributed by atoms with Crippen molar-refractivity contribution in [1.82, 2.24) is 35.5 Å². The zero-order chi connectivity index (χ0) is 51.1. The average Bonchev–Trinajstić information content (AvgIpc) is 4.04. The molecule has 3 amide bonds. The molecule has 4 aliphatic carbocycles. The lowest BCUT2D eigenvalue weighted by Crippen LogP contribution is -2.55. The van der Waals surface area contributed by atoms with Gasteiger partial charge in [0.1, 0.15) is 35.4 Å². The standard InChI is InChI=1S/C25H37F2N3O5.C24H34F2N4O4/c1-23(2,3)35-22(34)28-18(14-25(27)8-5-6-9-25)20(32)15-24(12-16(26)13-24)21(33)19(31)11-17-7-10-30(4)29-17;1-15(2)27-22(34)28-18(13-24(26)7-4-5-8-24)20(32)14-23(11-16(25)12-23)21(33)19(31)10-17-6-9-30(3)29-17/h7,10,16,18,21,33H,5-6,8-9,11-15H2,1-4H3,(H,28,34);6,9,15-16,18H,4-5,7-8,10-14H2,1-3H3,(H2,27,28,34)/t16?,18-,21?,24?;16?,18-,23?/m00/s1. The number of ether oxygens (including phenoxy) is 1. The maximum Gasteiger partial charge on any atom is 0.408 e. The summed E-state index contributed by atoms with van der Waals surface area (Å²) in [5.74, 6) is -3.21. The number of ketones is 5. The number of amides is 3. The van der Waals surface area contributed by atoms with Crippen molar-refractivity contribution in [2.24, 2.45) is 24.9 Å². The van der Waals surface area contributed by atoms with Crippen LogP contribution in [0, 0.1) is 10.8 Å². The van der Waals surface area contributed by atoms with Gasteiger partial charge in [0.15, 0.2) is 17.3 Å². The van der Waals surface area contributed by atoms with Crippen LogP contribution in [0.2, 0.25) is 0 Å². The Balaban J connectivity index is 0.000000258. The van der Waals surface area contributed by atoms with Crippen LogP contribution in [0.25, 0.3) is 0 Å². The molecule has 20 heteroatoms. The van der Waals surface area contributed by atoms with Gasteiger partial charge in [0.2, 0.25) is 11.6 Å². The van der Waals surface area contributed by atoms with Gasteiger partial charge in [-0.25, -0.2) is 27.2 Å². The molecule has 69 heavy (non-hydrogen) atoms. The van der Waals surface area contributed by atoms with Gasteiger partial charge < -0.3 is 25.8 Å². The van der Waals surface area contributed by atoms with Crippen LogP contribution >= 0.6 is 0 Å². The van der Waals surface area contributed by atoms with Gasteiger partial charge >= 0.3 is 12.1 Å². The highest BCUT2D eigenvalue weighted by molar-refractivity contribution is 6.40. The molecule has 0 aliphatic heterocycles. The number of aliphatic hydroxyl groups is 1. The first-order valence-electron chi connectivity index (χ1n) is 24.2. The van der Waals surface area contributed by atoms with E-state index in [-0.39, 0.29) is 76.7 Å². The number of halogens is 4. The number of urea groups is 1. The summed E-state index contributed by atoms with van der Waals surface area (Å²) in [6, 6.07) is 0.0653. The van der Waals surface area contributed by atoms with E-state index in [0.29, 0.717) is 49.9 Å². The predicted octanol–water partition coefficient (Wildman–Crippen LogP) is 6.46. The zero-order valence-electron chi connectivity index (χ0n) is 41.0. The van der Waals surface area contributed by atoms with Crippen molar-refractivity contribution < 1.29 is 61.0 Å². The van der Waals surface area contributed by atoms with Gasteiger partial charge in [0.05, 0.1) is 36.3 Å². The Morgan fingerprint density at radius 2 is 1.19 bits per heavy atom. The first kappa shape index (κ1) is 54.9. The number of alkyl carbamates (subject to hydrolysis) is 1. The van der Waals surface area contributed by atoms with Gasteiger partial charge in [0.25, 0.3) is 0 Å². The summed E-state index contributed by atoms with van der Waals surface area (Å²) in [4.78, 5) is 89.9. The molecule has 2 aromatic heterocycles. The summed E-state index contributed by atoms with van der Waals surface area (Å²) in [7, 11) is 3.38. The molecule has 4 N–H and O–H groups in total. The van der Waals surface area contributed by atoms with Crippen molar-refractivity contribution in [3.05, 3.63) is 35.9 Å². The molecule has 0 saturated heterocycles. The first-order chi connectivity index (χ1) is 32.1. The van der Waals surface area contributed by atoms with Gasteiger partial charge in [-0.1, -0.05) is 25.7 Å². The molecule has 1 unspecified atom stereocenters. The summed E-state index contributed by atoms with van der Waals surface area (Å²) in [5, 5.41) is 26.8. The summed E-state index contributed by atoms with van der Waals surface area (Å²) in [5.41, 5.74) is -5.89. The highest BCUT2D eigenvalue weighted by atomic mass is 19.2. The molecule has 4 saturated carbocycles. The molecule has 16 nitrogen and oxygen atoms in total. The number of rotatable bonds is 21. The minimum absolute atomic E-state index is 0.151. The third kappa shape index (κ3) is 15.2. The number of nitrogens with zero attached hydrogens (tertiary/aromatic N) is 4. The number of hydrogen-bond acceptors (Lipinski definition) is 11. The monoisotopic (exact) mass is 978 g/mol. The van der Waals surface area contributed by atoms with Crippen molar-refractivity contribution in [2.75, 3.05) is 0 Å². The van der Waals surface area contributed by atoms with Gasteiger partial charge in [-0.2, -0.15) is 10.2 Å². The van der Waals surface area contributed by atoms with E-state index >= 15 is 8.78 Å². The minimum atomic E-state index is -1.60. The molecule has 0 aromatic carbocycles. The normalized spacial score (nSPS) is 24.9. The molecule has 384 valence electrons. The molecular formula is C49H71F4N7O9. The second-order valence-corrected chi connectivity index (χ2v) is 21.5. The van der Waals surface area contributed by atoms with Crippen LogP contribution in [0.3, 0.4) is 0 Å². The van der Waals surface area contributed by atoms with Crippen LogP contribution in [-0.2, 0) is 55.6 Å². The number of carbonyl (C=O) groups is 7. The van der Waals surface area contributed by atoms with E-state index in [2.05, 4.69) is 26.1 Å². The smallest absolute Gasteiger partial charge is 0.408 e. The Hall–Kier alpha value is -5.01. The van der Waals surface area contributed by atoms with E-state index < -0.39 is 106 Å². The topological polar surface area (TPSA) is 221 Å². The number of alkyl halides is 4. The SMILES string of the molecule is CC(C)NC(=O)N[C@@H](CC1(F)CCCC1)C(=O)CC1(C(=O)C(=O)Cc2ccn(C)n2)CC(F)C1.Cn1ccc(CC(=O)C(O)C2(CC(=O)[C@H](CC3(F)CCCC3)NC(=O)OC(C)(C)C)CC(F)C2)n1. The second kappa shape index (κ2) is 22.4. The van der Waals surface area contributed by atoms with Crippen LogP contribution in [-0.4, -0.2) is 119 Å². The summed E-state index contributed by atoms with van der Waals surface area (Å²) >= 11 is 0. The Labute approximate surface area is 401 Å². The number of aliphatic hydroxyl groups excluding tert-OH is 1. The lowest BCUT2D eigenvalue weighted by atomic mass is 9.59. The largest absolute Gasteiger partial charge is 0.444 e. The van der Waals surface area contributed by atoms with Crippen LogP contribution < -0.4 is 16.0 Å².